The first-order valence-corrected chi connectivity index (χ1v) is 10.8. The van der Waals surface area contributed by atoms with Crippen LogP contribution in [0, 0.1) is 11.8 Å². The molecular weight excluding hydrogens is 372 g/mol. The number of benzene rings is 2. The number of aromatic nitrogens is 1. The SMILES string of the molecule is C=C[C@H]1C[NH+]2CC[C@H]1C[C@@H]2[C@H](OC(=O)c1ccccc1)c1ccnc2ccccc12. The van der Waals surface area contributed by atoms with E-state index in [1.54, 1.807) is 0 Å². The van der Waals surface area contributed by atoms with Crippen LogP contribution in [0.3, 0.4) is 0 Å². The van der Waals surface area contributed by atoms with E-state index < -0.39 is 0 Å². The van der Waals surface area contributed by atoms with E-state index in [0.717, 1.165) is 36.0 Å². The fraction of sp³-hybridized carbons (Fsp3) is 0.308. The van der Waals surface area contributed by atoms with Crippen LogP contribution >= 0.6 is 0 Å². The highest BCUT2D eigenvalue weighted by Crippen LogP contribution is 2.36. The number of nitrogens with zero attached hydrogens (tertiary/aromatic N) is 1. The number of pyridine rings is 1. The largest absolute Gasteiger partial charge is 0.447 e. The van der Waals surface area contributed by atoms with Crippen molar-refractivity contribution in [2.75, 3.05) is 13.1 Å². The molecule has 2 bridgehead atoms. The zero-order valence-electron chi connectivity index (χ0n) is 17.0. The number of quaternary nitrogens is 1. The quantitative estimate of drug-likeness (QED) is 0.527. The molecule has 30 heavy (non-hydrogen) atoms. The van der Waals surface area contributed by atoms with Gasteiger partial charge in [-0.3, -0.25) is 4.98 Å². The highest BCUT2D eigenvalue weighted by atomic mass is 16.5. The van der Waals surface area contributed by atoms with Crippen molar-refractivity contribution in [3.8, 4) is 0 Å². The Balaban J connectivity index is 1.54. The smallest absolute Gasteiger partial charge is 0.338 e. The van der Waals surface area contributed by atoms with E-state index in [0.29, 0.717) is 17.4 Å². The Kier molecular flexibility index (Phi) is 5.09. The van der Waals surface area contributed by atoms with Gasteiger partial charge in [0.15, 0.2) is 6.10 Å². The van der Waals surface area contributed by atoms with Crippen LogP contribution in [0.15, 0.2) is 79.5 Å². The number of ether oxygens (including phenoxy) is 1. The fourth-order valence-electron chi connectivity index (χ4n) is 5.38. The molecule has 152 valence electrons. The van der Waals surface area contributed by atoms with Crippen molar-refractivity contribution in [1.82, 2.24) is 4.98 Å². The van der Waals surface area contributed by atoms with E-state index in [9.17, 15) is 4.79 Å². The second-order valence-corrected chi connectivity index (χ2v) is 8.51. The van der Waals surface area contributed by atoms with Gasteiger partial charge in [0, 0.05) is 35.9 Å². The zero-order valence-corrected chi connectivity index (χ0v) is 17.0. The van der Waals surface area contributed by atoms with Crippen LogP contribution in [-0.2, 0) is 4.74 Å². The summed E-state index contributed by atoms with van der Waals surface area (Å²) in [6.07, 6.45) is 5.93. The fourth-order valence-corrected chi connectivity index (χ4v) is 5.38. The monoisotopic (exact) mass is 399 g/mol. The number of fused-ring (bicyclic) bond motifs is 4. The molecule has 0 amide bonds. The third-order valence-electron chi connectivity index (χ3n) is 6.92. The van der Waals surface area contributed by atoms with Crippen LogP contribution in [0.25, 0.3) is 10.9 Å². The topological polar surface area (TPSA) is 43.6 Å². The number of carbonyl (C=O) groups excluding carboxylic acids is 1. The van der Waals surface area contributed by atoms with Crippen molar-refractivity contribution >= 4 is 16.9 Å². The van der Waals surface area contributed by atoms with Gasteiger partial charge in [-0.1, -0.05) is 42.5 Å². The standard InChI is InChI=1S/C26H26N2O2/c1-2-18-17-28-15-13-20(18)16-24(28)25(30-26(29)19-8-4-3-5-9-19)22-12-14-27-23-11-7-6-10-21(22)23/h2-12,14,18,20,24-25H,1,13,15-17H2/p+1/t18-,20-,24+,25+/m0/s1. The van der Waals surface area contributed by atoms with Crippen LogP contribution in [-0.4, -0.2) is 30.1 Å². The second kappa shape index (κ2) is 8.04. The minimum atomic E-state index is -0.297. The maximum Gasteiger partial charge on any atom is 0.338 e. The Morgan fingerprint density at radius 2 is 1.93 bits per heavy atom. The number of esters is 1. The van der Waals surface area contributed by atoms with Crippen LogP contribution < -0.4 is 4.90 Å². The Morgan fingerprint density at radius 1 is 1.13 bits per heavy atom. The summed E-state index contributed by atoms with van der Waals surface area (Å²) in [5.41, 5.74) is 2.59. The number of hydrogen-bond acceptors (Lipinski definition) is 3. The normalized spacial score (nSPS) is 26.3. The molecule has 1 N–H and O–H groups in total. The maximum atomic E-state index is 13.1. The molecule has 1 unspecified atom stereocenters. The van der Waals surface area contributed by atoms with Gasteiger partial charge in [0.05, 0.1) is 24.2 Å². The number of carbonyl (C=O) groups is 1. The van der Waals surface area contributed by atoms with E-state index in [2.05, 4.69) is 23.7 Å². The van der Waals surface area contributed by atoms with Crippen molar-refractivity contribution in [2.24, 2.45) is 11.8 Å². The van der Waals surface area contributed by atoms with E-state index in [-0.39, 0.29) is 18.1 Å². The summed E-state index contributed by atoms with van der Waals surface area (Å²) in [6.45, 7) is 6.25. The van der Waals surface area contributed by atoms with Gasteiger partial charge >= 0.3 is 5.97 Å². The van der Waals surface area contributed by atoms with Gasteiger partial charge in [0.25, 0.3) is 0 Å². The number of hydrogen-bond donors (Lipinski definition) is 1. The molecule has 3 saturated heterocycles. The van der Waals surface area contributed by atoms with E-state index in [4.69, 9.17) is 4.74 Å². The minimum Gasteiger partial charge on any atom is -0.447 e. The van der Waals surface area contributed by atoms with Crippen LogP contribution in [0.1, 0.15) is 34.9 Å². The molecule has 3 aromatic rings. The number of rotatable bonds is 5. The van der Waals surface area contributed by atoms with Crippen molar-refractivity contribution < 1.29 is 14.4 Å². The van der Waals surface area contributed by atoms with Gasteiger partial charge < -0.3 is 9.64 Å². The number of para-hydroxylation sites is 1. The molecule has 6 rings (SSSR count). The molecule has 0 saturated carbocycles. The predicted molar refractivity (Wildman–Crippen MR) is 117 cm³/mol. The first kappa shape index (κ1) is 19.0. The highest BCUT2D eigenvalue weighted by Gasteiger charge is 2.47. The van der Waals surface area contributed by atoms with Crippen LogP contribution in [0.4, 0.5) is 0 Å². The Labute approximate surface area is 177 Å². The summed E-state index contributed by atoms with van der Waals surface area (Å²) >= 11 is 0. The molecule has 1 aromatic heterocycles. The van der Waals surface area contributed by atoms with Crippen LogP contribution in [0.5, 0.6) is 0 Å². The molecule has 4 nitrogen and oxygen atoms in total. The molecule has 3 aliphatic rings. The summed E-state index contributed by atoms with van der Waals surface area (Å²) in [7, 11) is 0. The van der Waals surface area contributed by atoms with Gasteiger partial charge in [-0.15, -0.1) is 6.58 Å². The Bertz CT molecular complexity index is 1060. The summed E-state index contributed by atoms with van der Waals surface area (Å²) < 4.78 is 6.28. The molecule has 3 aliphatic heterocycles. The summed E-state index contributed by atoms with van der Waals surface area (Å²) in [5.74, 6) is 0.921. The highest BCUT2D eigenvalue weighted by molar-refractivity contribution is 5.90. The molecule has 5 atom stereocenters. The molecule has 0 radical (unpaired) electrons. The zero-order chi connectivity index (χ0) is 20.5. The predicted octanol–water partition coefficient (Wildman–Crippen LogP) is 3.61. The van der Waals surface area contributed by atoms with Crippen LogP contribution in [0.2, 0.25) is 0 Å². The maximum absolute atomic E-state index is 13.1. The average Bonchev–Trinajstić information content (AvgIpc) is 2.83. The van der Waals surface area contributed by atoms with Gasteiger partial charge in [-0.25, -0.2) is 4.79 Å². The van der Waals surface area contributed by atoms with Crippen molar-refractivity contribution in [1.29, 1.82) is 0 Å². The van der Waals surface area contributed by atoms with Gasteiger partial charge in [0.2, 0.25) is 0 Å². The summed E-state index contributed by atoms with van der Waals surface area (Å²) in [5, 5.41) is 1.06. The lowest BCUT2D eigenvalue weighted by Gasteiger charge is -2.48. The summed E-state index contributed by atoms with van der Waals surface area (Å²) in [6, 6.07) is 19.7. The van der Waals surface area contributed by atoms with Crippen molar-refractivity contribution in [3.63, 3.8) is 0 Å². The average molecular weight is 400 g/mol. The van der Waals surface area contributed by atoms with Gasteiger partial charge in [-0.2, -0.15) is 0 Å². The molecule has 3 fully saturated rings. The summed E-state index contributed by atoms with van der Waals surface area (Å²) in [4.78, 5) is 19.1. The van der Waals surface area contributed by atoms with E-state index >= 15 is 0 Å². The van der Waals surface area contributed by atoms with E-state index in [1.165, 1.54) is 11.3 Å². The van der Waals surface area contributed by atoms with E-state index in [1.807, 2.05) is 60.8 Å². The Morgan fingerprint density at radius 3 is 2.70 bits per heavy atom. The number of piperidine rings is 3. The molecule has 2 aromatic carbocycles. The Hall–Kier alpha value is -2.98. The molecule has 0 aliphatic carbocycles. The second-order valence-electron chi connectivity index (χ2n) is 8.51. The third-order valence-corrected chi connectivity index (χ3v) is 6.92. The van der Waals surface area contributed by atoms with Crippen molar-refractivity contribution in [3.05, 3.63) is 90.6 Å². The van der Waals surface area contributed by atoms with Gasteiger partial charge in [0.1, 0.15) is 6.04 Å². The van der Waals surface area contributed by atoms with Gasteiger partial charge in [-0.05, 0) is 30.2 Å². The molecule has 0 spiro atoms. The lowest BCUT2D eigenvalue weighted by Crippen LogP contribution is -3.20. The molecule has 4 heteroatoms. The van der Waals surface area contributed by atoms with Crippen molar-refractivity contribution in [2.45, 2.75) is 25.0 Å². The minimum absolute atomic E-state index is 0.249. The lowest BCUT2D eigenvalue weighted by atomic mass is 9.73. The first-order chi connectivity index (χ1) is 14.7. The molecular formula is C26H27N2O2+. The number of nitrogens with one attached hydrogen (secondary N) is 1. The lowest BCUT2D eigenvalue weighted by molar-refractivity contribution is -0.949. The third kappa shape index (κ3) is 3.41. The first-order valence-electron chi connectivity index (χ1n) is 10.8. The molecule has 4 heterocycles.